The van der Waals surface area contributed by atoms with E-state index in [1.165, 1.54) is 0 Å². The zero-order valence-electron chi connectivity index (χ0n) is 16.3. The van der Waals surface area contributed by atoms with Crippen LogP contribution in [0.5, 0.6) is 0 Å². The van der Waals surface area contributed by atoms with E-state index in [0.717, 1.165) is 37.3 Å². The number of fused-ring (bicyclic) bond motifs is 1. The van der Waals surface area contributed by atoms with E-state index in [2.05, 4.69) is 15.4 Å². The summed E-state index contributed by atoms with van der Waals surface area (Å²) in [5, 5.41) is 7.27. The van der Waals surface area contributed by atoms with Crippen LogP contribution in [-0.4, -0.2) is 26.7 Å². The predicted molar refractivity (Wildman–Crippen MR) is 107 cm³/mol. The van der Waals surface area contributed by atoms with E-state index < -0.39 is 39.5 Å². The van der Waals surface area contributed by atoms with Crippen LogP contribution in [0.2, 0.25) is 5.02 Å². The van der Waals surface area contributed by atoms with Gasteiger partial charge in [-0.2, -0.15) is 5.10 Å². The van der Waals surface area contributed by atoms with Crippen molar-refractivity contribution >= 4 is 28.5 Å². The maximum Gasteiger partial charge on any atom is 0.256 e. The fraction of sp³-hybridized carbons (Fsp3) is 0.381. The first-order valence-corrected chi connectivity index (χ1v) is 10.1. The summed E-state index contributed by atoms with van der Waals surface area (Å²) >= 11 is 5.71. The van der Waals surface area contributed by atoms with Crippen LogP contribution >= 0.6 is 11.6 Å². The normalized spacial score (nSPS) is 19.2. The number of carbonyl (C=O) groups excluding carboxylic acids is 1. The van der Waals surface area contributed by atoms with E-state index in [1.54, 1.807) is 12.4 Å². The second-order valence-corrected chi connectivity index (χ2v) is 8.07. The molecule has 158 valence electrons. The molecule has 1 saturated carbocycles. The van der Waals surface area contributed by atoms with E-state index in [-0.39, 0.29) is 6.04 Å². The second-order valence-electron chi connectivity index (χ2n) is 7.69. The fourth-order valence-electron chi connectivity index (χ4n) is 3.99. The first kappa shape index (κ1) is 20.7. The first-order valence-electron chi connectivity index (χ1n) is 9.76. The molecule has 3 aromatic rings. The number of benzene rings is 1. The number of hydrogen-bond acceptors (Lipinski definition) is 3. The zero-order chi connectivity index (χ0) is 21.4. The Labute approximate surface area is 176 Å². The minimum Gasteiger partial charge on any atom is -0.349 e. The highest BCUT2D eigenvalue weighted by atomic mass is 35.5. The van der Waals surface area contributed by atoms with E-state index in [1.807, 2.05) is 16.8 Å². The van der Waals surface area contributed by atoms with Crippen molar-refractivity contribution < 1.29 is 18.0 Å². The van der Waals surface area contributed by atoms with Gasteiger partial charge in [0.25, 0.3) is 5.91 Å². The van der Waals surface area contributed by atoms with Crippen molar-refractivity contribution in [2.24, 2.45) is 5.92 Å². The summed E-state index contributed by atoms with van der Waals surface area (Å²) in [5.41, 5.74) is -0.373. The molecule has 0 radical (unpaired) electrons. The Balaban J connectivity index is 1.39. The van der Waals surface area contributed by atoms with Gasteiger partial charge in [-0.25, -0.2) is 22.8 Å². The van der Waals surface area contributed by atoms with Gasteiger partial charge < -0.3 is 5.32 Å². The highest BCUT2D eigenvalue weighted by Gasteiger charge is 2.29. The lowest BCUT2D eigenvalue weighted by Crippen LogP contribution is -2.39. The molecule has 1 fully saturated rings. The summed E-state index contributed by atoms with van der Waals surface area (Å²) in [5.74, 6) is -4.39. The van der Waals surface area contributed by atoms with Crippen LogP contribution in [0.1, 0.15) is 41.6 Å². The predicted octanol–water partition coefficient (Wildman–Crippen LogP) is 4.80. The molecule has 0 unspecified atom stereocenters. The molecule has 4 rings (SSSR count). The molecule has 0 saturated heterocycles. The number of amides is 1. The summed E-state index contributed by atoms with van der Waals surface area (Å²) in [6.07, 6.45) is 6.57. The number of pyridine rings is 1. The molecule has 1 amide bonds. The van der Waals surface area contributed by atoms with Crippen molar-refractivity contribution in [2.75, 3.05) is 0 Å². The van der Waals surface area contributed by atoms with Crippen molar-refractivity contribution in [3.05, 3.63) is 58.1 Å². The highest BCUT2D eigenvalue weighted by Crippen LogP contribution is 2.30. The van der Waals surface area contributed by atoms with Crippen LogP contribution < -0.4 is 5.32 Å². The first-order chi connectivity index (χ1) is 14.4. The maximum absolute atomic E-state index is 14.3. The molecule has 1 aliphatic carbocycles. The Morgan fingerprint density at radius 3 is 2.67 bits per heavy atom. The molecular formula is C21H20ClF3N4O. The van der Waals surface area contributed by atoms with Crippen LogP contribution in [0.25, 0.3) is 11.0 Å². The van der Waals surface area contributed by atoms with E-state index >= 15 is 0 Å². The Morgan fingerprint density at radius 1 is 1.20 bits per heavy atom. The minimum absolute atomic E-state index is 0.190. The van der Waals surface area contributed by atoms with Gasteiger partial charge in [0.2, 0.25) is 0 Å². The van der Waals surface area contributed by atoms with Gasteiger partial charge in [-0.15, -0.1) is 0 Å². The van der Waals surface area contributed by atoms with Gasteiger partial charge in [0, 0.05) is 29.7 Å². The molecule has 1 N–H and O–H groups in total. The topological polar surface area (TPSA) is 59.8 Å². The molecule has 0 spiro atoms. The van der Waals surface area contributed by atoms with E-state index in [4.69, 9.17) is 11.6 Å². The van der Waals surface area contributed by atoms with Crippen LogP contribution in [0.3, 0.4) is 0 Å². The Morgan fingerprint density at radius 2 is 1.93 bits per heavy atom. The third kappa shape index (κ3) is 3.76. The number of nitrogens with one attached hydrogen (secondary N) is 1. The van der Waals surface area contributed by atoms with Crippen LogP contribution in [0.15, 0.2) is 24.5 Å². The third-order valence-electron chi connectivity index (χ3n) is 5.72. The zero-order valence-corrected chi connectivity index (χ0v) is 17.0. The number of carbonyl (C=O) groups is 1. The second kappa shape index (κ2) is 8.26. The largest absolute Gasteiger partial charge is 0.349 e. The SMILES string of the molecule is Cc1c(F)c(F)c(Cl)c(C(=O)NC2CCC(Cn3ncc4cccnc43)CC2)c1F. The standard InChI is InChI=1S/C21H20ClF3N4O/c1-11-17(23)15(16(22)19(25)18(11)24)21(30)28-14-6-4-12(5-7-14)10-29-20-13(9-27-29)3-2-8-26-20/h2-3,8-9,12,14H,4-7,10H2,1H3,(H,28,30). The molecule has 5 nitrogen and oxygen atoms in total. The number of nitrogens with zero attached hydrogens (tertiary/aromatic N) is 3. The lowest BCUT2D eigenvalue weighted by atomic mass is 9.86. The average Bonchev–Trinajstić information content (AvgIpc) is 3.15. The van der Waals surface area contributed by atoms with Crippen molar-refractivity contribution in [3.8, 4) is 0 Å². The van der Waals surface area contributed by atoms with Crippen LogP contribution in [0, 0.1) is 30.3 Å². The number of halogens is 4. The molecule has 1 aliphatic rings. The lowest BCUT2D eigenvalue weighted by Gasteiger charge is -2.29. The van der Waals surface area contributed by atoms with Crippen molar-refractivity contribution in [1.29, 1.82) is 0 Å². The van der Waals surface area contributed by atoms with Gasteiger partial charge in [-0.05, 0) is 50.7 Å². The third-order valence-corrected chi connectivity index (χ3v) is 6.08. The summed E-state index contributed by atoms with van der Waals surface area (Å²) in [7, 11) is 0. The fourth-order valence-corrected chi connectivity index (χ4v) is 4.24. The summed E-state index contributed by atoms with van der Waals surface area (Å²) in [4.78, 5) is 16.9. The monoisotopic (exact) mass is 436 g/mol. The quantitative estimate of drug-likeness (QED) is 0.472. The van der Waals surface area contributed by atoms with Gasteiger partial charge in [-0.3, -0.25) is 4.79 Å². The Hall–Kier alpha value is -2.61. The molecule has 30 heavy (non-hydrogen) atoms. The molecular weight excluding hydrogens is 417 g/mol. The molecule has 2 aromatic heterocycles. The smallest absolute Gasteiger partial charge is 0.256 e. The Bertz CT molecular complexity index is 1080. The summed E-state index contributed by atoms with van der Waals surface area (Å²) in [6, 6.07) is 3.64. The van der Waals surface area contributed by atoms with Crippen molar-refractivity contribution in [2.45, 2.75) is 45.2 Å². The van der Waals surface area contributed by atoms with E-state index in [9.17, 15) is 18.0 Å². The minimum atomic E-state index is -1.41. The number of hydrogen-bond donors (Lipinski definition) is 1. The summed E-state index contributed by atoms with van der Waals surface area (Å²) in [6.45, 7) is 1.80. The molecule has 0 atom stereocenters. The van der Waals surface area contributed by atoms with Crippen LogP contribution in [0.4, 0.5) is 13.2 Å². The number of rotatable bonds is 4. The van der Waals surface area contributed by atoms with Crippen molar-refractivity contribution in [3.63, 3.8) is 0 Å². The van der Waals surface area contributed by atoms with Gasteiger partial charge in [0.15, 0.2) is 17.3 Å². The Kier molecular flexibility index (Phi) is 5.69. The summed E-state index contributed by atoms with van der Waals surface area (Å²) < 4.78 is 43.7. The van der Waals surface area contributed by atoms with E-state index in [0.29, 0.717) is 18.8 Å². The molecule has 0 bridgehead atoms. The van der Waals surface area contributed by atoms with Gasteiger partial charge in [0.05, 0.1) is 16.8 Å². The van der Waals surface area contributed by atoms with Crippen molar-refractivity contribution in [1.82, 2.24) is 20.1 Å². The number of aromatic nitrogens is 3. The molecule has 1 aromatic carbocycles. The molecule has 0 aliphatic heterocycles. The average molecular weight is 437 g/mol. The maximum atomic E-state index is 14.3. The van der Waals surface area contributed by atoms with Gasteiger partial charge in [-0.1, -0.05) is 11.6 Å². The molecule has 2 heterocycles. The van der Waals surface area contributed by atoms with Gasteiger partial charge >= 0.3 is 0 Å². The molecule has 9 heteroatoms. The lowest BCUT2D eigenvalue weighted by molar-refractivity contribution is 0.0915. The highest BCUT2D eigenvalue weighted by molar-refractivity contribution is 6.34. The van der Waals surface area contributed by atoms with Gasteiger partial charge in [0.1, 0.15) is 5.82 Å². The van der Waals surface area contributed by atoms with Crippen LogP contribution in [-0.2, 0) is 6.54 Å².